The van der Waals surface area contributed by atoms with Gasteiger partial charge in [0, 0.05) is 10.5 Å². The van der Waals surface area contributed by atoms with Gasteiger partial charge in [-0.15, -0.1) is 0 Å². The molecule has 0 saturated carbocycles. The first-order valence-electron chi connectivity index (χ1n) is 6.20. The van der Waals surface area contributed by atoms with Gasteiger partial charge in [0.25, 0.3) is 10.0 Å². The van der Waals surface area contributed by atoms with Gasteiger partial charge in [0.1, 0.15) is 22.3 Å². The Morgan fingerprint density at radius 1 is 1.08 bits per heavy atom. The highest BCUT2D eigenvalue weighted by Gasteiger charge is 2.24. The molecule has 0 aromatic heterocycles. The lowest BCUT2D eigenvalue weighted by molar-refractivity contribution is 0.0599. The first kappa shape index (κ1) is 18.3. The number of hydrogen-bond donors (Lipinski definition) is 1. The van der Waals surface area contributed by atoms with E-state index in [4.69, 9.17) is 0 Å². The fourth-order valence-electron chi connectivity index (χ4n) is 1.82. The van der Waals surface area contributed by atoms with Crippen LogP contribution in [0.15, 0.2) is 39.7 Å². The van der Waals surface area contributed by atoms with E-state index < -0.39 is 44.0 Å². The number of anilines is 1. The van der Waals surface area contributed by atoms with Crippen molar-refractivity contribution in [1.82, 2.24) is 0 Å². The maximum atomic E-state index is 14.0. The van der Waals surface area contributed by atoms with E-state index in [1.807, 2.05) is 4.72 Å². The second-order valence-corrected chi connectivity index (χ2v) is 7.02. The van der Waals surface area contributed by atoms with Gasteiger partial charge in [0.15, 0.2) is 0 Å². The van der Waals surface area contributed by atoms with Gasteiger partial charge in [-0.3, -0.25) is 4.72 Å². The summed E-state index contributed by atoms with van der Waals surface area (Å²) in [6.45, 7) is 0. The predicted octanol–water partition coefficient (Wildman–Crippen LogP) is 3.45. The molecule has 2 aromatic carbocycles. The minimum atomic E-state index is -4.55. The number of esters is 1. The van der Waals surface area contributed by atoms with E-state index in [0.29, 0.717) is 6.07 Å². The van der Waals surface area contributed by atoms with Gasteiger partial charge in [0.2, 0.25) is 0 Å². The molecule has 0 spiro atoms. The molecule has 0 aliphatic heterocycles. The molecule has 5 nitrogen and oxygen atoms in total. The summed E-state index contributed by atoms with van der Waals surface area (Å²) in [6.07, 6.45) is 0. The van der Waals surface area contributed by atoms with E-state index in [9.17, 15) is 26.4 Å². The number of sulfonamides is 1. The summed E-state index contributed by atoms with van der Waals surface area (Å²) >= 11 is 2.92. The highest BCUT2D eigenvalue weighted by molar-refractivity contribution is 9.10. The zero-order valence-corrected chi connectivity index (χ0v) is 14.3. The van der Waals surface area contributed by atoms with Crippen LogP contribution in [0.2, 0.25) is 0 Å². The van der Waals surface area contributed by atoms with Crippen molar-refractivity contribution in [2.45, 2.75) is 4.90 Å². The third-order valence-electron chi connectivity index (χ3n) is 2.83. The van der Waals surface area contributed by atoms with Crippen LogP contribution in [0.3, 0.4) is 0 Å². The predicted molar refractivity (Wildman–Crippen MR) is 82.6 cm³/mol. The number of ether oxygens (including phenoxy) is 1. The van der Waals surface area contributed by atoms with Gasteiger partial charge in [-0.1, -0.05) is 0 Å². The number of carbonyl (C=O) groups excluding carboxylic acids is 1. The maximum Gasteiger partial charge on any atom is 0.339 e. The summed E-state index contributed by atoms with van der Waals surface area (Å²) in [4.78, 5) is 10.7. The smallest absolute Gasteiger partial charge is 0.339 e. The van der Waals surface area contributed by atoms with Crippen molar-refractivity contribution < 1.29 is 31.1 Å². The molecule has 128 valence electrons. The van der Waals surface area contributed by atoms with Gasteiger partial charge in [-0.05, 0) is 40.2 Å². The Morgan fingerprint density at radius 3 is 2.21 bits per heavy atom. The van der Waals surface area contributed by atoms with Gasteiger partial charge in [-0.2, -0.15) is 0 Å². The van der Waals surface area contributed by atoms with Crippen LogP contribution in [0.25, 0.3) is 0 Å². The molecule has 2 aromatic rings. The fraction of sp³-hybridized carbons (Fsp3) is 0.0714. The molecule has 0 aliphatic carbocycles. The van der Waals surface area contributed by atoms with Crippen LogP contribution in [-0.2, 0) is 14.8 Å². The Morgan fingerprint density at radius 2 is 1.67 bits per heavy atom. The van der Waals surface area contributed by atoms with Crippen molar-refractivity contribution >= 4 is 37.6 Å². The molecule has 0 fully saturated rings. The van der Waals surface area contributed by atoms with Crippen molar-refractivity contribution in [3.63, 3.8) is 0 Å². The summed E-state index contributed by atoms with van der Waals surface area (Å²) < 4.78 is 71.1. The highest BCUT2D eigenvalue weighted by atomic mass is 79.9. The number of benzene rings is 2. The van der Waals surface area contributed by atoms with Crippen molar-refractivity contribution in [3.8, 4) is 0 Å². The maximum absolute atomic E-state index is 14.0. The van der Waals surface area contributed by atoms with Gasteiger partial charge in [0.05, 0.1) is 18.4 Å². The number of rotatable bonds is 4. The van der Waals surface area contributed by atoms with E-state index in [1.165, 1.54) is 0 Å². The summed E-state index contributed by atoms with van der Waals surface area (Å²) in [5, 5.41) is 0. The molecule has 2 rings (SSSR count). The van der Waals surface area contributed by atoms with Crippen molar-refractivity contribution in [2.75, 3.05) is 11.8 Å². The summed E-state index contributed by atoms with van der Waals surface area (Å²) in [6, 6.07) is 3.51. The van der Waals surface area contributed by atoms with Crippen LogP contribution in [0.1, 0.15) is 10.4 Å². The lowest BCUT2D eigenvalue weighted by Crippen LogP contribution is -2.16. The van der Waals surface area contributed by atoms with Crippen LogP contribution in [0, 0.1) is 17.5 Å². The zero-order chi connectivity index (χ0) is 18.1. The molecule has 0 amide bonds. The van der Waals surface area contributed by atoms with Gasteiger partial charge < -0.3 is 4.74 Å². The van der Waals surface area contributed by atoms with Crippen LogP contribution >= 0.6 is 15.9 Å². The topological polar surface area (TPSA) is 72.5 Å². The Labute approximate surface area is 143 Å². The summed E-state index contributed by atoms with van der Waals surface area (Å²) in [5.74, 6) is -4.09. The normalized spacial score (nSPS) is 11.2. The SMILES string of the molecule is COC(=O)c1cc(S(=O)(=O)Nc2cc(F)cc(F)c2)c(F)cc1Br. The molecular formula is C14H9BrF3NO4S. The molecule has 0 bridgehead atoms. The number of nitrogens with one attached hydrogen (secondary N) is 1. The van der Waals surface area contributed by atoms with Crippen LogP contribution in [0.5, 0.6) is 0 Å². The lowest BCUT2D eigenvalue weighted by Gasteiger charge is -2.11. The molecule has 0 aliphatic rings. The second kappa shape index (κ2) is 6.81. The highest BCUT2D eigenvalue weighted by Crippen LogP contribution is 2.27. The lowest BCUT2D eigenvalue weighted by atomic mass is 10.2. The molecule has 24 heavy (non-hydrogen) atoms. The van der Waals surface area contributed by atoms with Crippen molar-refractivity contribution in [1.29, 1.82) is 0 Å². The van der Waals surface area contributed by atoms with Crippen LogP contribution in [-0.4, -0.2) is 21.5 Å². The van der Waals surface area contributed by atoms with Crippen molar-refractivity contribution in [3.05, 3.63) is 57.8 Å². The quantitative estimate of drug-likeness (QED) is 0.764. The Hall–Kier alpha value is -2.07. The zero-order valence-electron chi connectivity index (χ0n) is 11.9. The Kier molecular flexibility index (Phi) is 5.19. The van der Waals surface area contributed by atoms with E-state index in [2.05, 4.69) is 20.7 Å². The molecule has 0 atom stereocenters. The average Bonchev–Trinajstić information content (AvgIpc) is 2.44. The van der Waals surface area contributed by atoms with Crippen molar-refractivity contribution in [2.24, 2.45) is 0 Å². The Bertz CT molecular complexity index is 898. The van der Waals surface area contributed by atoms with Gasteiger partial charge >= 0.3 is 5.97 Å². The number of halogens is 4. The molecule has 0 saturated heterocycles. The standard InChI is InChI=1S/C14H9BrF3NO4S/c1-23-14(20)10-5-13(12(18)6-11(10)15)24(21,22)19-9-3-7(16)2-8(17)4-9/h2-6,19H,1H3. The van der Waals surface area contributed by atoms with Crippen LogP contribution in [0.4, 0.5) is 18.9 Å². The molecule has 0 radical (unpaired) electrons. The first-order valence-corrected chi connectivity index (χ1v) is 8.48. The molecule has 0 heterocycles. The molecule has 0 unspecified atom stereocenters. The van der Waals surface area contributed by atoms with E-state index in [1.54, 1.807) is 0 Å². The molecule has 10 heteroatoms. The fourth-order valence-corrected chi connectivity index (χ4v) is 3.43. The monoisotopic (exact) mass is 423 g/mol. The van der Waals surface area contributed by atoms with Gasteiger partial charge in [-0.25, -0.2) is 26.4 Å². The minimum Gasteiger partial charge on any atom is -0.465 e. The average molecular weight is 424 g/mol. The number of methoxy groups -OCH3 is 1. The summed E-state index contributed by atoms with van der Waals surface area (Å²) in [5.41, 5.74) is -0.667. The third kappa shape index (κ3) is 3.88. The van der Waals surface area contributed by atoms with E-state index in [-0.39, 0.29) is 10.0 Å². The minimum absolute atomic E-state index is 0.0115. The van der Waals surface area contributed by atoms with E-state index >= 15 is 0 Å². The van der Waals surface area contributed by atoms with E-state index in [0.717, 1.165) is 31.4 Å². The molecule has 1 N–H and O–H groups in total. The molecular weight excluding hydrogens is 415 g/mol. The number of carbonyl (C=O) groups is 1. The van der Waals surface area contributed by atoms with Crippen LogP contribution < -0.4 is 4.72 Å². The first-order chi connectivity index (χ1) is 11.1. The second-order valence-electron chi connectivity index (χ2n) is 4.52. The number of hydrogen-bond acceptors (Lipinski definition) is 4. The summed E-state index contributed by atoms with van der Waals surface area (Å²) in [7, 11) is -3.48. The third-order valence-corrected chi connectivity index (χ3v) is 4.88. The largest absolute Gasteiger partial charge is 0.465 e. The Balaban J connectivity index is 2.51.